The third-order valence-corrected chi connectivity index (χ3v) is 4.40. The van der Waals surface area contributed by atoms with Crippen LogP contribution in [0.4, 0.5) is 5.69 Å². The summed E-state index contributed by atoms with van der Waals surface area (Å²) < 4.78 is 0. The molecule has 0 aliphatic carbocycles. The summed E-state index contributed by atoms with van der Waals surface area (Å²) >= 11 is 12.2. The van der Waals surface area contributed by atoms with E-state index in [4.69, 9.17) is 23.2 Å². The van der Waals surface area contributed by atoms with Crippen molar-refractivity contribution in [3.05, 3.63) is 63.1 Å². The molecule has 122 valence electrons. The first-order chi connectivity index (χ1) is 10.9. The van der Waals surface area contributed by atoms with Gasteiger partial charge in [-0.2, -0.15) is 0 Å². The molecule has 0 aromatic heterocycles. The quantitative estimate of drug-likeness (QED) is 0.848. The Kier molecular flexibility index (Phi) is 6.05. The van der Waals surface area contributed by atoms with Crippen molar-refractivity contribution in [2.24, 2.45) is 0 Å². The van der Waals surface area contributed by atoms with Crippen molar-refractivity contribution in [3.63, 3.8) is 0 Å². The summed E-state index contributed by atoms with van der Waals surface area (Å²) in [5, 5.41) is 4.00. The first-order valence-electron chi connectivity index (χ1n) is 7.35. The van der Waals surface area contributed by atoms with Gasteiger partial charge in [-0.1, -0.05) is 53.0 Å². The lowest BCUT2D eigenvalue weighted by molar-refractivity contribution is -0.117. The molecular formula is C18H20Cl2N2O. The van der Waals surface area contributed by atoms with Crippen molar-refractivity contribution < 1.29 is 4.79 Å². The topological polar surface area (TPSA) is 32.3 Å². The number of hydrogen-bond acceptors (Lipinski definition) is 2. The predicted molar refractivity (Wildman–Crippen MR) is 97.3 cm³/mol. The first-order valence-corrected chi connectivity index (χ1v) is 8.11. The van der Waals surface area contributed by atoms with Gasteiger partial charge in [0.2, 0.25) is 5.91 Å². The van der Waals surface area contributed by atoms with Crippen molar-refractivity contribution in [2.75, 3.05) is 18.9 Å². The van der Waals surface area contributed by atoms with Crippen LogP contribution < -0.4 is 5.32 Å². The minimum Gasteiger partial charge on any atom is -0.325 e. The van der Waals surface area contributed by atoms with E-state index in [1.54, 1.807) is 6.07 Å². The largest absolute Gasteiger partial charge is 0.325 e. The third kappa shape index (κ3) is 4.96. The van der Waals surface area contributed by atoms with Gasteiger partial charge in [-0.3, -0.25) is 9.69 Å². The molecule has 0 radical (unpaired) electrons. The van der Waals surface area contributed by atoms with E-state index in [0.717, 1.165) is 16.8 Å². The molecule has 0 unspecified atom stereocenters. The van der Waals surface area contributed by atoms with Crippen molar-refractivity contribution in [1.29, 1.82) is 0 Å². The Balaban J connectivity index is 1.95. The molecule has 2 aromatic carbocycles. The minimum atomic E-state index is -0.0578. The summed E-state index contributed by atoms with van der Waals surface area (Å²) in [4.78, 5) is 14.1. The van der Waals surface area contributed by atoms with E-state index >= 15 is 0 Å². The van der Waals surface area contributed by atoms with Crippen molar-refractivity contribution in [1.82, 2.24) is 4.90 Å². The van der Waals surface area contributed by atoms with Crippen LogP contribution in [0, 0.1) is 13.8 Å². The van der Waals surface area contributed by atoms with E-state index in [1.165, 1.54) is 5.56 Å². The highest BCUT2D eigenvalue weighted by Gasteiger charge is 2.11. The lowest BCUT2D eigenvalue weighted by Gasteiger charge is -2.18. The molecular weight excluding hydrogens is 331 g/mol. The SMILES string of the molecule is Cc1ccc(NC(=O)CN(C)Cc2cccc(Cl)c2Cl)c(C)c1. The molecule has 0 heterocycles. The number of anilines is 1. The molecule has 0 fully saturated rings. The number of nitrogens with one attached hydrogen (secondary N) is 1. The van der Waals surface area contributed by atoms with Gasteiger partial charge in [-0.25, -0.2) is 0 Å². The average Bonchev–Trinajstić information content (AvgIpc) is 2.47. The van der Waals surface area contributed by atoms with Crippen LogP contribution >= 0.6 is 23.2 Å². The maximum atomic E-state index is 12.2. The smallest absolute Gasteiger partial charge is 0.238 e. The molecule has 5 heteroatoms. The summed E-state index contributed by atoms with van der Waals surface area (Å²) in [6, 6.07) is 11.5. The summed E-state index contributed by atoms with van der Waals surface area (Å²) in [5.41, 5.74) is 3.97. The fraction of sp³-hybridized carbons (Fsp3) is 0.278. The Hall–Kier alpha value is -1.55. The Morgan fingerprint density at radius 1 is 1.17 bits per heavy atom. The monoisotopic (exact) mass is 350 g/mol. The molecule has 1 amide bonds. The maximum Gasteiger partial charge on any atom is 0.238 e. The van der Waals surface area contributed by atoms with E-state index in [1.807, 2.05) is 56.1 Å². The molecule has 1 N–H and O–H groups in total. The highest BCUT2D eigenvalue weighted by molar-refractivity contribution is 6.42. The number of benzene rings is 2. The lowest BCUT2D eigenvalue weighted by atomic mass is 10.1. The number of rotatable bonds is 5. The zero-order valence-electron chi connectivity index (χ0n) is 13.5. The molecule has 0 atom stereocenters. The number of hydrogen-bond donors (Lipinski definition) is 1. The standard InChI is InChI=1S/C18H20Cl2N2O/c1-12-7-8-16(13(2)9-12)21-17(23)11-22(3)10-14-5-4-6-15(19)18(14)20/h4-9H,10-11H2,1-3H3,(H,21,23). The molecule has 0 bridgehead atoms. The number of aryl methyl sites for hydroxylation is 2. The van der Waals surface area contributed by atoms with E-state index < -0.39 is 0 Å². The van der Waals surface area contributed by atoms with Crippen LogP contribution in [0.1, 0.15) is 16.7 Å². The zero-order valence-corrected chi connectivity index (χ0v) is 15.0. The molecule has 0 aliphatic rings. The number of likely N-dealkylation sites (N-methyl/N-ethyl adjacent to an activating group) is 1. The highest BCUT2D eigenvalue weighted by Crippen LogP contribution is 2.26. The van der Waals surface area contributed by atoms with Gasteiger partial charge in [0.1, 0.15) is 0 Å². The second kappa shape index (κ2) is 7.82. The maximum absolute atomic E-state index is 12.2. The Bertz CT molecular complexity index is 716. The second-order valence-corrected chi connectivity index (χ2v) is 6.54. The Morgan fingerprint density at radius 3 is 2.61 bits per heavy atom. The van der Waals surface area contributed by atoms with Crippen molar-refractivity contribution in [3.8, 4) is 0 Å². The number of carbonyl (C=O) groups excluding carboxylic acids is 1. The highest BCUT2D eigenvalue weighted by atomic mass is 35.5. The Labute approximate surface area is 147 Å². The van der Waals surface area contributed by atoms with Gasteiger partial charge in [0, 0.05) is 12.2 Å². The molecule has 0 saturated heterocycles. The molecule has 0 aliphatic heterocycles. The van der Waals surface area contributed by atoms with Crippen molar-refractivity contribution >= 4 is 34.8 Å². The van der Waals surface area contributed by atoms with Gasteiger partial charge >= 0.3 is 0 Å². The summed E-state index contributed by atoms with van der Waals surface area (Å²) in [7, 11) is 1.87. The van der Waals surface area contributed by atoms with Gasteiger partial charge in [0.05, 0.1) is 16.6 Å². The number of amides is 1. The Morgan fingerprint density at radius 2 is 1.91 bits per heavy atom. The van der Waals surface area contributed by atoms with Gasteiger partial charge in [-0.15, -0.1) is 0 Å². The molecule has 2 rings (SSSR count). The number of halogens is 2. The van der Waals surface area contributed by atoms with Crippen LogP contribution in [0.2, 0.25) is 10.0 Å². The predicted octanol–water partition coefficient (Wildman–Crippen LogP) is 4.68. The van der Waals surface area contributed by atoms with Gasteiger partial charge in [0.25, 0.3) is 0 Å². The summed E-state index contributed by atoms with van der Waals surface area (Å²) in [5.74, 6) is -0.0578. The average molecular weight is 351 g/mol. The van der Waals surface area contributed by atoms with Crippen LogP contribution in [0.5, 0.6) is 0 Å². The molecule has 23 heavy (non-hydrogen) atoms. The molecule has 2 aromatic rings. The number of nitrogens with zero attached hydrogens (tertiary/aromatic N) is 1. The van der Waals surface area contributed by atoms with Crippen LogP contribution in [0.15, 0.2) is 36.4 Å². The summed E-state index contributed by atoms with van der Waals surface area (Å²) in [6.45, 7) is 4.84. The first kappa shape index (κ1) is 17.8. The van der Waals surface area contributed by atoms with Crippen molar-refractivity contribution in [2.45, 2.75) is 20.4 Å². The third-order valence-electron chi connectivity index (χ3n) is 3.54. The second-order valence-electron chi connectivity index (χ2n) is 5.75. The van der Waals surface area contributed by atoms with Gasteiger partial charge < -0.3 is 5.32 Å². The van der Waals surface area contributed by atoms with E-state index in [2.05, 4.69) is 5.32 Å². The zero-order chi connectivity index (χ0) is 17.0. The lowest BCUT2D eigenvalue weighted by Crippen LogP contribution is -2.30. The van der Waals surface area contributed by atoms with E-state index in [9.17, 15) is 4.79 Å². The van der Waals surface area contributed by atoms with Gasteiger partial charge in [0.15, 0.2) is 0 Å². The fourth-order valence-electron chi connectivity index (χ4n) is 2.41. The van der Waals surface area contributed by atoms with Crippen LogP contribution in [-0.4, -0.2) is 24.4 Å². The fourth-order valence-corrected chi connectivity index (χ4v) is 2.79. The normalized spacial score (nSPS) is 10.9. The van der Waals surface area contributed by atoms with Crippen LogP contribution in [0.25, 0.3) is 0 Å². The van der Waals surface area contributed by atoms with E-state index in [0.29, 0.717) is 16.6 Å². The molecule has 0 spiro atoms. The summed E-state index contributed by atoms with van der Waals surface area (Å²) in [6.07, 6.45) is 0. The van der Waals surface area contributed by atoms with Gasteiger partial charge in [-0.05, 0) is 44.2 Å². The molecule has 0 saturated carbocycles. The van der Waals surface area contributed by atoms with E-state index in [-0.39, 0.29) is 12.5 Å². The minimum absolute atomic E-state index is 0.0578. The molecule has 3 nitrogen and oxygen atoms in total. The van der Waals surface area contributed by atoms with Crippen LogP contribution in [0.3, 0.4) is 0 Å². The van der Waals surface area contributed by atoms with Crippen LogP contribution in [-0.2, 0) is 11.3 Å². The number of carbonyl (C=O) groups is 1.